The number of hydrogen-bond donors (Lipinski definition) is 1. The van der Waals surface area contributed by atoms with Crippen molar-refractivity contribution in [1.29, 1.82) is 0 Å². The molecule has 6 heteroatoms. The number of carbonyl (C=O) groups excluding carboxylic acids is 1. The first-order valence-corrected chi connectivity index (χ1v) is 5.91. The lowest BCUT2D eigenvalue weighted by atomic mass is 10.3. The lowest BCUT2D eigenvalue weighted by Crippen LogP contribution is -2.32. The van der Waals surface area contributed by atoms with Gasteiger partial charge in [-0.05, 0) is 31.5 Å². The van der Waals surface area contributed by atoms with Crippen LogP contribution in [0.5, 0.6) is 0 Å². The van der Waals surface area contributed by atoms with E-state index < -0.39 is 0 Å². The van der Waals surface area contributed by atoms with Gasteiger partial charge in [0.1, 0.15) is 0 Å². The van der Waals surface area contributed by atoms with Crippen LogP contribution >= 0.6 is 0 Å². The van der Waals surface area contributed by atoms with Gasteiger partial charge < -0.3 is 10.2 Å². The fourth-order valence-electron chi connectivity index (χ4n) is 1.52. The Balaban J connectivity index is 2.06. The number of carbonyl (C=O) groups is 1. The van der Waals surface area contributed by atoms with Crippen molar-refractivity contribution < 1.29 is 4.79 Å². The van der Waals surface area contributed by atoms with E-state index in [1.54, 1.807) is 16.5 Å². The molecule has 0 unspecified atom stereocenters. The van der Waals surface area contributed by atoms with Crippen LogP contribution < -0.4 is 5.32 Å². The molecular weight excluding hydrogens is 230 g/mol. The van der Waals surface area contributed by atoms with E-state index >= 15 is 0 Å². The summed E-state index contributed by atoms with van der Waals surface area (Å²) >= 11 is 0. The zero-order valence-electron chi connectivity index (χ0n) is 10.8. The van der Waals surface area contributed by atoms with Crippen LogP contribution in [0.15, 0.2) is 18.3 Å². The third-order valence-corrected chi connectivity index (χ3v) is 2.79. The molecule has 0 aliphatic heterocycles. The molecule has 0 spiro atoms. The molecule has 0 aliphatic rings. The third-order valence-electron chi connectivity index (χ3n) is 2.79. The van der Waals surface area contributed by atoms with E-state index in [4.69, 9.17) is 0 Å². The van der Waals surface area contributed by atoms with Gasteiger partial charge >= 0.3 is 0 Å². The van der Waals surface area contributed by atoms with E-state index in [-0.39, 0.29) is 12.5 Å². The number of aromatic nitrogens is 3. The number of rotatable bonds is 4. The summed E-state index contributed by atoms with van der Waals surface area (Å²) in [5.74, 6) is 0.492. The highest BCUT2D eigenvalue weighted by atomic mass is 16.2. The average Bonchev–Trinajstić information content (AvgIpc) is 2.76. The molecule has 0 saturated carbocycles. The summed E-state index contributed by atoms with van der Waals surface area (Å²) in [4.78, 5) is 17.6. The van der Waals surface area contributed by atoms with Gasteiger partial charge in [0.25, 0.3) is 0 Å². The van der Waals surface area contributed by atoms with Gasteiger partial charge in [0.05, 0.1) is 6.54 Å². The lowest BCUT2D eigenvalue weighted by molar-refractivity contribution is -0.127. The van der Waals surface area contributed by atoms with Gasteiger partial charge in [0.15, 0.2) is 5.65 Å². The zero-order chi connectivity index (χ0) is 13.1. The van der Waals surface area contributed by atoms with Crippen molar-refractivity contribution in [1.82, 2.24) is 19.5 Å². The number of nitrogens with one attached hydrogen (secondary N) is 1. The first kappa shape index (κ1) is 12.3. The van der Waals surface area contributed by atoms with Crippen LogP contribution in [-0.2, 0) is 4.79 Å². The molecule has 0 aromatic carbocycles. The van der Waals surface area contributed by atoms with Crippen LogP contribution in [0, 0.1) is 6.92 Å². The van der Waals surface area contributed by atoms with E-state index in [1.807, 2.05) is 32.2 Å². The molecule has 0 aliphatic carbocycles. The Kier molecular flexibility index (Phi) is 3.45. The Hall–Kier alpha value is -2.11. The molecule has 1 amide bonds. The molecule has 0 fully saturated rings. The van der Waals surface area contributed by atoms with Crippen LogP contribution in [0.2, 0.25) is 0 Å². The van der Waals surface area contributed by atoms with Crippen molar-refractivity contribution in [3.05, 3.63) is 23.9 Å². The minimum absolute atomic E-state index is 0.0209. The Morgan fingerprint density at radius 2 is 2.33 bits per heavy atom. The molecule has 0 atom stereocenters. The highest BCUT2D eigenvalue weighted by Crippen LogP contribution is 2.07. The zero-order valence-corrected chi connectivity index (χ0v) is 10.8. The highest BCUT2D eigenvalue weighted by Gasteiger charge is 2.08. The van der Waals surface area contributed by atoms with Crippen molar-refractivity contribution in [2.75, 3.05) is 25.5 Å². The monoisotopic (exact) mass is 247 g/mol. The topological polar surface area (TPSA) is 62.5 Å². The molecule has 0 bridgehead atoms. The summed E-state index contributed by atoms with van der Waals surface area (Å²) in [6.07, 6.45) is 1.85. The van der Waals surface area contributed by atoms with Crippen LogP contribution in [0.1, 0.15) is 12.5 Å². The number of likely N-dealkylation sites (N-methyl/N-ethyl adjacent to an activating group) is 1. The number of nitrogens with zero attached hydrogens (tertiary/aromatic N) is 4. The minimum atomic E-state index is 0.0209. The van der Waals surface area contributed by atoms with Crippen molar-refractivity contribution >= 4 is 17.5 Å². The maximum atomic E-state index is 11.6. The van der Waals surface area contributed by atoms with Crippen LogP contribution in [0.3, 0.4) is 0 Å². The lowest BCUT2D eigenvalue weighted by Gasteiger charge is -2.13. The molecule has 0 saturated heterocycles. The predicted octanol–water partition coefficient (Wildman–Crippen LogP) is 0.928. The van der Waals surface area contributed by atoms with Crippen molar-refractivity contribution in [2.24, 2.45) is 0 Å². The Morgan fingerprint density at radius 1 is 1.56 bits per heavy atom. The van der Waals surface area contributed by atoms with E-state index in [2.05, 4.69) is 15.4 Å². The second kappa shape index (κ2) is 5.03. The number of anilines is 1. The number of pyridine rings is 1. The Bertz CT molecular complexity index is 563. The fourth-order valence-corrected chi connectivity index (χ4v) is 1.52. The highest BCUT2D eigenvalue weighted by molar-refractivity contribution is 5.80. The molecule has 2 rings (SSSR count). The van der Waals surface area contributed by atoms with E-state index in [9.17, 15) is 4.79 Å². The molecule has 1 N–H and O–H groups in total. The maximum absolute atomic E-state index is 11.6. The van der Waals surface area contributed by atoms with Crippen molar-refractivity contribution in [3.8, 4) is 0 Å². The van der Waals surface area contributed by atoms with Crippen LogP contribution in [-0.4, -0.2) is 45.5 Å². The van der Waals surface area contributed by atoms with Gasteiger partial charge in [-0.2, -0.15) is 4.98 Å². The molecule has 2 heterocycles. The first-order chi connectivity index (χ1) is 8.60. The molecule has 96 valence electrons. The third kappa shape index (κ3) is 2.58. The van der Waals surface area contributed by atoms with E-state index in [0.29, 0.717) is 12.5 Å². The second-order valence-corrected chi connectivity index (χ2v) is 4.20. The van der Waals surface area contributed by atoms with Gasteiger partial charge in [-0.3, -0.25) is 4.79 Å². The normalized spacial score (nSPS) is 10.6. The molecule has 2 aromatic rings. The largest absolute Gasteiger partial charge is 0.345 e. The molecule has 6 nitrogen and oxygen atoms in total. The molecule has 18 heavy (non-hydrogen) atoms. The Morgan fingerprint density at radius 3 is 3.06 bits per heavy atom. The number of aryl methyl sites for hydroxylation is 1. The summed E-state index contributed by atoms with van der Waals surface area (Å²) < 4.78 is 1.68. The predicted molar refractivity (Wildman–Crippen MR) is 69.5 cm³/mol. The smallest absolute Gasteiger partial charge is 0.243 e. The summed E-state index contributed by atoms with van der Waals surface area (Å²) in [5, 5.41) is 7.17. The van der Waals surface area contributed by atoms with Crippen molar-refractivity contribution in [3.63, 3.8) is 0 Å². The fraction of sp³-hybridized carbons (Fsp3) is 0.417. The van der Waals surface area contributed by atoms with Gasteiger partial charge in [-0.15, -0.1) is 5.10 Å². The molecule has 2 aromatic heterocycles. The van der Waals surface area contributed by atoms with Gasteiger partial charge in [-0.1, -0.05) is 0 Å². The molecule has 0 radical (unpaired) electrons. The number of hydrogen-bond acceptors (Lipinski definition) is 4. The quantitative estimate of drug-likeness (QED) is 0.873. The second-order valence-electron chi connectivity index (χ2n) is 4.20. The van der Waals surface area contributed by atoms with Crippen LogP contribution in [0.25, 0.3) is 5.65 Å². The summed E-state index contributed by atoms with van der Waals surface area (Å²) in [5.41, 5.74) is 1.90. The van der Waals surface area contributed by atoms with E-state index in [0.717, 1.165) is 11.2 Å². The van der Waals surface area contributed by atoms with Gasteiger partial charge in [0, 0.05) is 19.8 Å². The number of amides is 1. The summed E-state index contributed by atoms with van der Waals surface area (Å²) in [7, 11) is 1.77. The standard InChI is InChI=1S/C12H17N5O/c1-4-16(3)11(18)8-13-12-14-10-7-9(2)5-6-17(10)15-12/h5-7H,4,8H2,1-3H3,(H,13,15). The summed E-state index contributed by atoms with van der Waals surface area (Å²) in [6.45, 7) is 4.84. The average molecular weight is 247 g/mol. The SMILES string of the molecule is CCN(C)C(=O)CNc1nc2cc(C)ccn2n1. The van der Waals surface area contributed by atoms with E-state index in [1.165, 1.54) is 0 Å². The summed E-state index contributed by atoms with van der Waals surface area (Å²) in [6, 6.07) is 3.90. The first-order valence-electron chi connectivity index (χ1n) is 5.91. The van der Waals surface area contributed by atoms with Crippen LogP contribution in [0.4, 0.5) is 5.95 Å². The van der Waals surface area contributed by atoms with Gasteiger partial charge in [-0.25, -0.2) is 4.52 Å². The van der Waals surface area contributed by atoms with Gasteiger partial charge in [0.2, 0.25) is 11.9 Å². The minimum Gasteiger partial charge on any atom is -0.345 e. The maximum Gasteiger partial charge on any atom is 0.243 e. The number of fused-ring (bicyclic) bond motifs is 1. The Labute approximate surface area is 106 Å². The van der Waals surface area contributed by atoms with Crippen molar-refractivity contribution in [2.45, 2.75) is 13.8 Å². The molecular formula is C12H17N5O.